The first-order chi connectivity index (χ1) is 6.34. The molecule has 0 unspecified atom stereocenters. The van der Waals surface area contributed by atoms with Gasteiger partial charge in [0.1, 0.15) is 0 Å². The molecular formula is C10H12BrNO. The van der Waals surface area contributed by atoms with Crippen molar-refractivity contribution in [3.8, 4) is 0 Å². The zero-order chi connectivity index (χ0) is 9.52. The van der Waals surface area contributed by atoms with E-state index >= 15 is 0 Å². The Morgan fingerprint density at radius 2 is 2.08 bits per heavy atom. The first-order valence-corrected chi connectivity index (χ1v) is 4.88. The fourth-order valence-corrected chi connectivity index (χ4v) is 1.36. The summed E-state index contributed by atoms with van der Waals surface area (Å²) in [5.74, 6) is 0. The predicted octanol–water partition coefficient (Wildman–Crippen LogP) is 2.41. The van der Waals surface area contributed by atoms with Gasteiger partial charge < -0.3 is 10.4 Å². The van der Waals surface area contributed by atoms with E-state index in [0.29, 0.717) is 0 Å². The quantitative estimate of drug-likeness (QED) is 0.794. The number of aliphatic hydroxyl groups excluding tert-OH is 1. The molecule has 0 aromatic heterocycles. The summed E-state index contributed by atoms with van der Waals surface area (Å²) < 4.78 is 1.05. The zero-order valence-electron chi connectivity index (χ0n) is 7.20. The van der Waals surface area contributed by atoms with Crippen molar-refractivity contribution < 1.29 is 5.11 Å². The van der Waals surface area contributed by atoms with Crippen LogP contribution in [0.15, 0.2) is 40.9 Å². The van der Waals surface area contributed by atoms with Crippen molar-refractivity contribution in [2.75, 3.05) is 18.5 Å². The van der Waals surface area contributed by atoms with Gasteiger partial charge in [0.25, 0.3) is 0 Å². The standard InChI is InChI=1S/C10H12BrNO/c11-9-5-1-2-6-10(9)12-7-3-4-8-13/h1-6,12-13H,7-8H2/b4-3+. The number of hydrogen-bond acceptors (Lipinski definition) is 2. The molecular weight excluding hydrogens is 230 g/mol. The molecule has 0 saturated carbocycles. The summed E-state index contributed by atoms with van der Waals surface area (Å²) in [7, 11) is 0. The van der Waals surface area contributed by atoms with Crippen LogP contribution in [0.2, 0.25) is 0 Å². The van der Waals surface area contributed by atoms with Crippen LogP contribution in [0.4, 0.5) is 5.69 Å². The fourth-order valence-electron chi connectivity index (χ4n) is 0.931. The summed E-state index contributed by atoms with van der Waals surface area (Å²) in [4.78, 5) is 0. The molecule has 1 rings (SSSR count). The second-order valence-electron chi connectivity index (χ2n) is 2.51. The molecule has 70 valence electrons. The maximum absolute atomic E-state index is 8.49. The number of rotatable bonds is 4. The van der Waals surface area contributed by atoms with Crippen molar-refractivity contribution in [1.82, 2.24) is 0 Å². The van der Waals surface area contributed by atoms with E-state index in [1.165, 1.54) is 0 Å². The Morgan fingerprint density at radius 1 is 1.31 bits per heavy atom. The second-order valence-corrected chi connectivity index (χ2v) is 3.37. The van der Waals surface area contributed by atoms with Crippen molar-refractivity contribution in [1.29, 1.82) is 0 Å². The highest BCUT2D eigenvalue weighted by Gasteiger charge is 1.93. The van der Waals surface area contributed by atoms with Gasteiger partial charge in [-0.3, -0.25) is 0 Å². The van der Waals surface area contributed by atoms with Crippen LogP contribution in [0.5, 0.6) is 0 Å². The Bertz CT molecular complexity index is 286. The molecule has 0 amide bonds. The molecule has 0 atom stereocenters. The normalized spacial score (nSPS) is 10.6. The van der Waals surface area contributed by atoms with Gasteiger partial charge in [0.05, 0.1) is 6.61 Å². The van der Waals surface area contributed by atoms with Crippen molar-refractivity contribution >= 4 is 21.6 Å². The van der Waals surface area contributed by atoms with E-state index < -0.39 is 0 Å². The van der Waals surface area contributed by atoms with E-state index in [9.17, 15) is 0 Å². The molecule has 2 nitrogen and oxygen atoms in total. The lowest BCUT2D eigenvalue weighted by Crippen LogP contribution is -1.98. The van der Waals surface area contributed by atoms with Crippen LogP contribution >= 0.6 is 15.9 Å². The summed E-state index contributed by atoms with van der Waals surface area (Å²) in [5, 5.41) is 11.7. The van der Waals surface area contributed by atoms with Crippen LogP contribution in [-0.2, 0) is 0 Å². The van der Waals surface area contributed by atoms with E-state index in [4.69, 9.17) is 5.11 Å². The third-order valence-corrected chi connectivity index (χ3v) is 2.25. The Hall–Kier alpha value is -0.800. The third kappa shape index (κ3) is 3.61. The molecule has 13 heavy (non-hydrogen) atoms. The molecule has 1 aromatic rings. The molecule has 2 N–H and O–H groups in total. The van der Waals surface area contributed by atoms with Gasteiger partial charge >= 0.3 is 0 Å². The maximum atomic E-state index is 8.49. The van der Waals surface area contributed by atoms with Gasteiger partial charge in [-0.1, -0.05) is 24.3 Å². The van der Waals surface area contributed by atoms with Gasteiger partial charge in [-0.2, -0.15) is 0 Å². The van der Waals surface area contributed by atoms with E-state index in [2.05, 4.69) is 21.2 Å². The van der Waals surface area contributed by atoms with Crippen LogP contribution < -0.4 is 5.32 Å². The number of hydrogen-bond donors (Lipinski definition) is 2. The van der Waals surface area contributed by atoms with Crippen LogP contribution in [0.1, 0.15) is 0 Å². The molecule has 0 aliphatic carbocycles. The molecule has 0 heterocycles. The number of nitrogens with one attached hydrogen (secondary N) is 1. The monoisotopic (exact) mass is 241 g/mol. The molecule has 3 heteroatoms. The van der Waals surface area contributed by atoms with Crippen molar-refractivity contribution in [2.24, 2.45) is 0 Å². The molecule has 1 aromatic carbocycles. The highest BCUT2D eigenvalue weighted by atomic mass is 79.9. The number of anilines is 1. The SMILES string of the molecule is OC/C=C/CNc1ccccc1Br. The molecule has 0 fully saturated rings. The first kappa shape index (κ1) is 10.3. The fraction of sp³-hybridized carbons (Fsp3) is 0.200. The maximum Gasteiger partial charge on any atom is 0.0613 e. The third-order valence-electron chi connectivity index (χ3n) is 1.56. The summed E-state index contributed by atoms with van der Waals surface area (Å²) in [6.07, 6.45) is 3.60. The van der Waals surface area contributed by atoms with Crippen molar-refractivity contribution in [2.45, 2.75) is 0 Å². The molecule has 0 spiro atoms. The number of para-hydroxylation sites is 1. The Labute approximate surface area is 86.4 Å². The van der Waals surface area contributed by atoms with Crippen LogP contribution in [0.3, 0.4) is 0 Å². The minimum absolute atomic E-state index is 0.0949. The average molecular weight is 242 g/mol. The van der Waals surface area contributed by atoms with Crippen molar-refractivity contribution in [3.05, 3.63) is 40.9 Å². The first-order valence-electron chi connectivity index (χ1n) is 4.09. The average Bonchev–Trinajstić information content (AvgIpc) is 2.15. The Kier molecular flexibility index (Phi) is 4.57. The molecule has 0 saturated heterocycles. The predicted molar refractivity (Wildman–Crippen MR) is 58.9 cm³/mol. The largest absolute Gasteiger partial charge is 0.392 e. The molecule has 0 aliphatic rings. The molecule has 0 bridgehead atoms. The minimum Gasteiger partial charge on any atom is -0.392 e. The Balaban J connectivity index is 2.45. The number of halogens is 1. The van der Waals surface area contributed by atoms with Gasteiger partial charge in [0.2, 0.25) is 0 Å². The lowest BCUT2D eigenvalue weighted by Gasteiger charge is -2.04. The summed E-state index contributed by atoms with van der Waals surface area (Å²) >= 11 is 3.43. The van der Waals surface area contributed by atoms with E-state index in [-0.39, 0.29) is 6.61 Å². The highest BCUT2D eigenvalue weighted by Crippen LogP contribution is 2.20. The van der Waals surface area contributed by atoms with Gasteiger partial charge in [-0.25, -0.2) is 0 Å². The Morgan fingerprint density at radius 3 is 2.77 bits per heavy atom. The lowest BCUT2D eigenvalue weighted by atomic mass is 10.3. The summed E-state index contributed by atoms with van der Waals surface area (Å²) in [5.41, 5.74) is 1.06. The van der Waals surface area contributed by atoms with Crippen LogP contribution in [-0.4, -0.2) is 18.3 Å². The van der Waals surface area contributed by atoms with Gasteiger partial charge in [0, 0.05) is 16.7 Å². The zero-order valence-corrected chi connectivity index (χ0v) is 8.79. The van der Waals surface area contributed by atoms with Crippen LogP contribution in [0.25, 0.3) is 0 Å². The van der Waals surface area contributed by atoms with Crippen LogP contribution in [0, 0.1) is 0 Å². The van der Waals surface area contributed by atoms with Gasteiger partial charge in [0.15, 0.2) is 0 Å². The van der Waals surface area contributed by atoms with Crippen molar-refractivity contribution in [3.63, 3.8) is 0 Å². The molecule has 0 radical (unpaired) electrons. The summed E-state index contributed by atoms with van der Waals surface area (Å²) in [6.45, 7) is 0.820. The lowest BCUT2D eigenvalue weighted by molar-refractivity contribution is 0.342. The summed E-state index contributed by atoms with van der Waals surface area (Å²) in [6, 6.07) is 7.93. The van der Waals surface area contributed by atoms with Gasteiger partial charge in [-0.05, 0) is 28.1 Å². The smallest absolute Gasteiger partial charge is 0.0613 e. The number of aliphatic hydroxyl groups is 1. The topological polar surface area (TPSA) is 32.3 Å². The van der Waals surface area contributed by atoms with E-state index in [0.717, 1.165) is 16.7 Å². The molecule has 0 aliphatic heterocycles. The minimum atomic E-state index is 0.0949. The van der Waals surface area contributed by atoms with E-state index in [1.54, 1.807) is 6.08 Å². The van der Waals surface area contributed by atoms with Gasteiger partial charge in [-0.15, -0.1) is 0 Å². The second kappa shape index (κ2) is 5.78. The number of benzene rings is 1. The highest BCUT2D eigenvalue weighted by molar-refractivity contribution is 9.10. The van der Waals surface area contributed by atoms with E-state index in [1.807, 2.05) is 30.3 Å².